The van der Waals surface area contributed by atoms with Crippen LogP contribution in [0.15, 0.2) is 28.7 Å². The number of methoxy groups -OCH3 is 1. The van der Waals surface area contributed by atoms with Crippen LogP contribution in [0.25, 0.3) is 10.9 Å². The third kappa shape index (κ3) is 2.44. The Kier molecular flexibility index (Phi) is 3.29. The Morgan fingerprint density at radius 2 is 2.25 bits per heavy atom. The number of hydrogen-bond donors (Lipinski definition) is 1. The number of nitrogens with one attached hydrogen (secondary N) is 1. The molecule has 0 aliphatic heterocycles. The van der Waals surface area contributed by atoms with Crippen molar-refractivity contribution in [3.63, 3.8) is 0 Å². The van der Waals surface area contributed by atoms with E-state index in [1.807, 2.05) is 18.2 Å². The van der Waals surface area contributed by atoms with Crippen molar-refractivity contribution in [2.24, 2.45) is 0 Å². The molecule has 1 aromatic carbocycles. The van der Waals surface area contributed by atoms with Crippen molar-refractivity contribution < 1.29 is 9.53 Å². The summed E-state index contributed by atoms with van der Waals surface area (Å²) in [6.45, 7) is 0. The van der Waals surface area contributed by atoms with E-state index in [2.05, 4.69) is 31.7 Å². The molecule has 0 aliphatic carbocycles. The molecule has 2 rings (SSSR count). The van der Waals surface area contributed by atoms with Gasteiger partial charge in [-0.25, -0.2) is 0 Å². The maximum absolute atomic E-state index is 11.0. The summed E-state index contributed by atoms with van der Waals surface area (Å²) in [6.07, 6.45) is 1.09. The molecule has 0 atom stereocenters. The van der Waals surface area contributed by atoms with Crippen LogP contribution in [0.3, 0.4) is 0 Å². The van der Waals surface area contributed by atoms with E-state index < -0.39 is 0 Å². The van der Waals surface area contributed by atoms with Crippen LogP contribution >= 0.6 is 15.9 Å². The van der Waals surface area contributed by atoms with Gasteiger partial charge in [-0.15, -0.1) is 0 Å². The highest BCUT2D eigenvalue weighted by atomic mass is 79.9. The lowest BCUT2D eigenvalue weighted by Gasteiger charge is -1.96. The number of H-pyrrole nitrogens is 1. The van der Waals surface area contributed by atoms with E-state index in [9.17, 15) is 4.79 Å². The second-order valence-electron chi connectivity index (χ2n) is 3.60. The third-order valence-electron chi connectivity index (χ3n) is 2.46. The van der Waals surface area contributed by atoms with Gasteiger partial charge in [-0.2, -0.15) is 0 Å². The van der Waals surface area contributed by atoms with Crippen LogP contribution < -0.4 is 0 Å². The highest BCUT2D eigenvalue weighted by Gasteiger charge is 2.04. The minimum Gasteiger partial charge on any atom is -0.469 e. The summed E-state index contributed by atoms with van der Waals surface area (Å²) in [5.74, 6) is -0.181. The third-order valence-corrected chi connectivity index (χ3v) is 2.96. The maximum Gasteiger partial charge on any atom is 0.305 e. The van der Waals surface area contributed by atoms with Gasteiger partial charge in [0, 0.05) is 21.1 Å². The first kappa shape index (κ1) is 11.2. The van der Waals surface area contributed by atoms with Gasteiger partial charge in [0.15, 0.2) is 0 Å². The molecular weight excluding hydrogens is 270 g/mol. The molecule has 2 aromatic rings. The molecule has 16 heavy (non-hydrogen) atoms. The van der Waals surface area contributed by atoms with Crippen molar-refractivity contribution in [3.05, 3.63) is 34.4 Å². The highest BCUT2D eigenvalue weighted by molar-refractivity contribution is 9.10. The Hall–Kier alpha value is -1.29. The molecule has 0 fully saturated rings. The van der Waals surface area contributed by atoms with Crippen LogP contribution in [0.2, 0.25) is 0 Å². The molecule has 3 nitrogen and oxygen atoms in total. The number of carbonyl (C=O) groups is 1. The van der Waals surface area contributed by atoms with Gasteiger partial charge >= 0.3 is 5.97 Å². The minimum absolute atomic E-state index is 0.181. The standard InChI is InChI=1S/C12H12BrNO2/c1-16-12(15)5-3-10-7-8-6-9(13)2-4-11(8)14-10/h2,4,6-7,14H,3,5H2,1H3. The number of aromatic amines is 1. The van der Waals surface area contributed by atoms with Crippen LogP contribution in [-0.2, 0) is 16.0 Å². The molecular formula is C12H12BrNO2. The summed E-state index contributed by atoms with van der Waals surface area (Å²) in [4.78, 5) is 14.3. The molecule has 0 aliphatic rings. The second kappa shape index (κ2) is 4.70. The summed E-state index contributed by atoms with van der Waals surface area (Å²) in [5.41, 5.74) is 2.14. The zero-order valence-electron chi connectivity index (χ0n) is 8.92. The first-order valence-corrected chi connectivity index (χ1v) is 5.82. The van der Waals surface area contributed by atoms with Crippen LogP contribution in [0.4, 0.5) is 0 Å². The van der Waals surface area contributed by atoms with Crippen LogP contribution in [0.1, 0.15) is 12.1 Å². The highest BCUT2D eigenvalue weighted by Crippen LogP contribution is 2.21. The predicted octanol–water partition coefficient (Wildman–Crippen LogP) is 3.04. The Bertz CT molecular complexity index is 519. The smallest absolute Gasteiger partial charge is 0.305 e. The number of halogens is 1. The second-order valence-corrected chi connectivity index (χ2v) is 4.52. The van der Waals surface area contributed by atoms with E-state index in [4.69, 9.17) is 0 Å². The van der Waals surface area contributed by atoms with Gasteiger partial charge in [0.1, 0.15) is 0 Å². The largest absolute Gasteiger partial charge is 0.469 e. The van der Waals surface area contributed by atoms with Gasteiger partial charge in [-0.05, 0) is 30.7 Å². The fourth-order valence-electron chi connectivity index (χ4n) is 1.64. The molecule has 1 heterocycles. The first-order valence-electron chi connectivity index (χ1n) is 5.03. The zero-order chi connectivity index (χ0) is 11.5. The zero-order valence-corrected chi connectivity index (χ0v) is 10.5. The number of fused-ring (bicyclic) bond motifs is 1. The van der Waals surface area contributed by atoms with Gasteiger partial charge in [0.25, 0.3) is 0 Å². The number of carbonyl (C=O) groups excluding carboxylic acids is 1. The quantitative estimate of drug-likeness (QED) is 0.879. The fraction of sp³-hybridized carbons (Fsp3) is 0.250. The average molecular weight is 282 g/mol. The Labute approximate surface area is 102 Å². The summed E-state index contributed by atoms with van der Waals surface area (Å²) in [5, 5.41) is 1.15. The Balaban J connectivity index is 2.16. The van der Waals surface area contributed by atoms with Gasteiger partial charge < -0.3 is 9.72 Å². The molecule has 0 saturated heterocycles. The van der Waals surface area contributed by atoms with E-state index in [-0.39, 0.29) is 5.97 Å². The summed E-state index contributed by atoms with van der Waals surface area (Å²) in [7, 11) is 1.41. The van der Waals surface area contributed by atoms with E-state index in [1.54, 1.807) is 0 Å². The molecule has 4 heteroatoms. The maximum atomic E-state index is 11.0. The van der Waals surface area contributed by atoms with Crippen molar-refractivity contribution in [1.82, 2.24) is 4.98 Å². The summed E-state index contributed by atoms with van der Waals surface area (Å²) < 4.78 is 5.66. The molecule has 84 valence electrons. The summed E-state index contributed by atoms with van der Waals surface area (Å²) >= 11 is 3.43. The van der Waals surface area contributed by atoms with Crippen molar-refractivity contribution in [2.75, 3.05) is 7.11 Å². The molecule has 0 spiro atoms. The minimum atomic E-state index is -0.181. The Morgan fingerprint density at radius 1 is 1.44 bits per heavy atom. The number of aromatic nitrogens is 1. The summed E-state index contributed by atoms with van der Waals surface area (Å²) in [6, 6.07) is 8.11. The lowest BCUT2D eigenvalue weighted by molar-refractivity contribution is -0.140. The average Bonchev–Trinajstić information content (AvgIpc) is 2.67. The fourth-order valence-corrected chi connectivity index (χ4v) is 2.02. The van der Waals surface area contributed by atoms with Crippen molar-refractivity contribution >= 4 is 32.8 Å². The van der Waals surface area contributed by atoms with Crippen LogP contribution in [-0.4, -0.2) is 18.1 Å². The van der Waals surface area contributed by atoms with Gasteiger partial charge in [0.2, 0.25) is 0 Å². The van der Waals surface area contributed by atoms with E-state index in [1.165, 1.54) is 7.11 Å². The van der Waals surface area contributed by atoms with Gasteiger partial charge in [0.05, 0.1) is 13.5 Å². The number of hydrogen-bond acceptors (Lipinski definition) is 2. The molecule has 0 unspecified atom stereocenters. The number of esters is 1. The normalized spacial score (nSPS) is 10.6. The number of benzene rings is 1. The topological polar surface area (TPSA) is 42.1 Å². The lowest BCUT2D eigenvalue weighted by Crippen LogP contribution is -2.01. The molecule has 0 bridgehead atoms. The van der Waals surface area contributed by atoms with E-state index in [0.717, 1.165) is 21.1 Å². The Morgan fingerprint density at radius 3 is 3.00 bits per heavy atom. The van der Waals surface area contributed by atoms with Crippen LogP contribution in [0, 0.1) is 0 Å². The van der Waals surface area contributed by atoms with Crippen molar-refractivity contribution in [1.29, 1.82) is 0 Å². The molecule has 1 aromatic heterocycles. The van der Waals surface area contributed by atoms with Crippen molar-refractivity contribution in [3.8, 4) is 0 Å². The molecule has 0 radical (unpaired) electrons. The van der Waals surface area contributed by atoms with Crippen LogP contribution in [0.5, 0.6) is 0 Å². The molecule has 1 N–H and O–H groups in total. The lowest BCUT2D eigenvalue weighted by atomic mass is 10.2. The van der Waals surface area contributed by atoms with Crippen molar-refractivity contribution in [2.45, 2.75) is 12.8 Å². The number of aryl methyl sites for hydroxylation is 1. The number of rotatable bonds is 3. The van der Waals surface area contributed by atoms with E-state index in [0.29, 0.717) is 12.8 Å². The first-order chi connectivity index (χ1) is 7.69. The molecule has 0 amide bonds. The predicted molar refractivity (Wildman–Crippen MR) is 66.3 cm³/mol. The SMILES string of the molecule is COC(=O)CCc1cc2cc(Br)ccc2[nH]1. The van der Waals surface area contributed by atoms with Gasteiger partial charge in [-0.1, -0.05) is 15.9 Å². The van der Waals surface area contributed by atoms with Gasteiger partial charge in [-0.3, -0.25) is 4.79 Å². The molecule has 0 saturated carbocycles. The number of ether oxygens (including phenoxy) is 1. The monoisotopic (exact) mass is 281 g/mol. The van der Waals surface area contributed by atoms with E-state index >= 15 is 0 Å².